The lowest BCUT2D eigenvalue weighted by Crippen LogP contribution is -2.38. The molecule has 3 aromatic carbocycles. The van der Waals surface area contributed by atoms with Gasteiger partial charge in [0.2, 0.25) is 0 Å². The zero-order chi connectivity index (χ0) is 25.7. The molecule has 0 aliphatic carbocycles. The molecule has 0 radical (unpaired) electrons. The van der Waals surface area contributed by atoms with Gasteiger partial charge in [0.25, 0.3) is 5.91 Å². The summed E-state index contributed by atoms with van der Waals surface area (Å²) in [4.78, 5) is 12.3. The van der Waals surface area contributed by atoms with Crippen molar-refractivity contribution in [2.24, 2.45) is 0 Å². The number of rotatable bonds is 7. The molecular weight excluding hydrogens is 526 g/mol. The van der Waals surface area contributed by atoms with Crippen LogP contribution in [0, 0.1) is 0 Å². The van der Waals surface area contributed by atoms with E-state index in [0.717, 1.165) is 5.56 Å². The molecule has 1 aliphatic heterocycles. The minimum Gasteiger partial charge on any atom is -0.457 e. The fraction of sp³-hybridized carbons (Fsp3) is 0.240. The molecular formula is C25H25Cl2N2O6P. The summed E-state index contributed by atoms with van der Waals surface area (Å²) in [6.07, 6.45) is 0.0205. The van der Waals surface area contributed by atoms with Gasteiger partial charge in [-0.25, -0.2) is 10.2 Å². The van der Waals surface area contributed by atoms with Gasteiger partial charge in [0, 0.05) is 23.2 Å². The van der Waals surface area contributed by atoms with E-state index in [1.807, 2.05) is 12.1 Å². The van der Waals surface area contributed by atoms with Crippen molar-refractivity contribution in [3.63, 3.8) is 0 Å². The molecule has 0 bridgehead atoms. The number of nitrogens with zero attached hydrogens (tertiary/aromatic N) is 1. The highest BCUT2D eigenvalue weighted by Crippen LogP contribution is 2.57. The molecule has 1 saturated heterocycles. The van der Waals surface area contributed by atoms with Crippen LogP contribution >= 0.6 is 30.7 Å². The maximum atomic E-state index is 14.6. The minimum atomic E-state index is -3.80. The summed E-state index contributed by atoms with van der Waals surface area (Å²) in [6.45, 7) is -0.321. The van der Waals surface area contributed by atoms with Gasteiger partial charge in [-0.3, -0.25) is 14.6 Å². The summed E-state index contributed by atoms with van der Waals surface area (Å²) < 4.78 is 33.5. The first kappa shape index (κ1) is 26.6. The molecule has 8 nitrogen and oxygen atoms in total. The summed E-state index contributed by atoms with van der Waals surface area (Å²) in [5.74, 6) is 0.388. The molecule has 3 aromatic rings. The Kier molecular flexibility index (Phi) is 8.70. The Morgan fingerprint density at radius 2 is 1.58 bits per heavy atom. The molecule has 190 valence electrons. The summed E-state index contributed by atoms with van der Waals surface area (Å²) in [7, 11) is -2.25. The fourth-order valence-electron chi connectivity index (χ4n) is 3.99. The van der Waals surface area contributed by atoms with E-state index < -0.39 is 19.5 Å². The van der Waals surface area contributed by atoms with Crippen molar-refractivity contribution in [3.8, 4) is 11.5 Å². The maximum absolute atomic E-state index is 14.6. The van der Waals surface area contributed by atoms with Crippen molar-refractivity contribution in [1.29, 1.82) is 0 Å². The molecule has 0 aromatic heterocycles. The first-order valence-electron chi connectivity index (χ1n) is 11.1. The number of carbonyl (C=O) groups excluding carboxylic acids is 1. The number of hydrogen-bond donors (Lipinski definition) is 2. The Bertz CT molecular complexity index is 1220. The summed E-state index contributed by atoms with van der Waals surface area (Å²) in [5, 5.41) is 10.7. The van der Waals surface area contributed by atoms with Crippen LogP contribution in [0.2, 0.25) is 10.0 Å². The number of halogens is 2. The maximum Gasteiger partial charge on any atom is 0.303 e. The van der Waals surface area contributed by atoms with E-state index in [2.05, 4.69) is 0 Å². The average Bonchev–Trinajstić information content (AvgIpc) is 3.03. The Balaban J connectivity index is 1.71. The average molecular weight is 551 g/mol. The summed E-state index contributed by atoms with van der Waals surface area (Å²) in [6, 6.07) is 20.1. The lowest BCUT2D eigenvalue weighted by atomic mass is 10.0. The van der Waals surface area contributed by atoms with Crippen molar-refractivity contribution in [2.75, 3.05) is 20.3 Å². The smallest absolute Gasteiger partial charge is 0.303 e. The van der Waals surface area contributed by atoms with Crippen LogP contribution in [0.25, 0.3) is 0 Å². The molecule has 11 heteroatoms. The van der Waals surface area contributed by atoms with Crippen molar-refractivity contribution in [2.45, 2.75) is 18.6 Å². The minimum absolute atomic E-state index is 0.0537. The van der Waals surface area contributed by atoms with E-state index in [0.29, 0.717) is 33.3 Å². The Morgan fingerprint density at radius 3 is 2.14 bits per heavy atom. The quantitative estimate of drug-likeness (QED) is 0.225. The molecule has 1 heterocycles. The number of hydroxylamine groups is 1. The van der Waals surface area contributed by atoms with Gasteiger partial charge >= 0.3 is 7.52 Å². The van der Waals surface area contributed by atoms with Crippen LogP contribution in [-0.2, 0) is 18.6 Å². The number of ether oxygens (including phenoxy) is 2. The summed E-state index contributed by atoms with van der Waals surface area (Å²) in [5.41, 5.74) is 2.41. The number of methoxy groups -OCH3 is 1. The fourth-order valence-corrected chi connectivity index (χ4v) is 6.64. The van der Waals surface area contributed by atoms with Crippen molar-refractivity contribution in [1.82, 2.24) is 10.2 Å². The predicted octanol–water partition coefficient (Wildman–Crippen LogP) is 5.59. The monoisotopic (exact) mass is 550 g/mol. The zero-order valence-corrected chi connectivity index (χ0v) is 21.7. The number of nitrogens with one attached hydrogen (secondary N) is 1. The van der Waals surface area contributed by atoms with Gasteiger partial charge in [0.15, 0.2) is 0 Å². The van der Waals surface area contributed by atoms with E-state index in [1.54, 1.807) is 73.3 Å². The number of amides is 1. The van der Waals surface area contributed by atoms with E-state index in [9.17, 15) is 14.6 Å². The lowest BCUT2D eigenvalue weighted by Gasteiger charge is -2.34. The van der Waals surface area contributed by atoms with Crippen LogP contribution in [0.3, 0.4) is 0 Å². The van der Waals surface area contributed by atoms with Gasteiger partial charge in [0.05, 0.1) is 24.6 Å². The molecule has 2 N–H and O–H groups in total. The van der Waals surface area contributed by atoms with E-state index in [4.69, 9.17) is 37.2 Å². The number of hydrogen-bond acceptors (Lipinski definition) is 6. The van der Waals surface area contributed by atoms with Crippen molar-refractivity contribution in [3.05, 3.63) is 88.4 Å². The van der Waals surface area contributed by atoms with Gasteiger partial charge in [0.1, 0.15) is 11.5 Å². The zero-order valence-electron chi connectivity index (χ0n) is 19.3. The number of carbonyl (C=O) groups is 1. The molecule has 1 fully saturated rings. The van der Waals surface area contributed by atoms with Crippen LogP contribution in [0.15, 0.2) is 72.8 Å². The molecule has 3 atom stereocenters. The van der Waals surface area contributed by atoms with Crippen LogP contribution in [0.5, 0.6) is 11.5 Å². The van der Waals surface area contributed by atoms with Crippen LogP contribution in [-0.4, -0.2) is 42.2 Å². The lowest BCUT2D eigenvalue weighted by molar-refractivity contribution is -0.129. The largest absolute Gasteiger partial charge is 0.457 e. The highest BCUT2D eigenvalue weighted by molar-refractivity contribution is 7.64. The van der Waals surface area contributed by atoms with Crippen LogP contribution in [0.1, 0.15) is 18.0 Å². The van der Waals surface area contributed by atoms with E-state index >= 15 is 0 Å². The van der Waals surface area contributed by atoms with E-state index in [-0.39, 0.29) is 19.3 Å². The second-order valence-corrected chi connectivity index (χ2v) is 11.4. The van der Waals surface area contributed by atoms with E-state index in [1.165, 1.54) is 4.67 Å². The molecule has 0 spiro atoms. The van der Waals surface area contributed by atoms with Gasteiger partial charge in [-0.05, 0) is 72.6 Å². The van der Waals surface area contributed by atoms with Gasteiger partial charge in [-0.15, -0.1) is 0 Å². The first-order chi connectivity index (χ1) is 17.3. The molecule has 3 unspecified atom stereocenters. The van der Waals surface area contributed by atoms with Crippen molar-refractivity contribution < 1.29 is 28.6 Å². The molecule has 1 aliphatic rings. The van der Waals surface area contributed by atoms with Crippen LogP contribution in [0.4, 0.5) is 0 Å². The van der Waals surface area contributed by atoms with Crippen LogP contribution < -0.4 is 15.5 Å². The van der Waals surface area contributed by atoms with Gasteiger partial charge < -0.3 is 14.0 Å². The molecule has 36 heavy (non-hydrogen) atoms. The van der Waals surface area contributed by atoms with Gasteiger partial charge in [-0.2, -0.15) is 0 Å². The second kappa shape index (κ2) is 11.8. The Labute approximate surface area is 219 Å². The first-order valence-corrected chi connectivity index (χ1v) is 13.4. The third kappa shape index (κ3) is 6.10. The van der Waals surface area contributed by atoms with Crippen molar-refractivity contribution >= 4 is 41.9 Å². The Morgan fingerprint density at radius 1 is 1.03 bits per heavy atom. The second-order valence-electron chi connectivity index (χ2n) is 8.16. The van der Waals surface area contributed by atoms with Gasteiger partial charge in [-0.1, -0.05) is 35.3 Å². The third-order valence-electron chi connectivity index (χ3n) is 5.85. The molecule has 0 saturated carbocycles. The highest BCUT2D eigenvalue weighted by atomic mass is 35.5. The predicted molar refractivity (Wildman–Crippen MR) is 137 cm³/mol. The molecule has 1 amide bonds. The third-order valence-corrected chi connectivity index (χ3v) is 8.90. The molecule has 4 rings (SSSR count). The number of benzene rings is 3. The highest BCUT2D eigenvalue weighted by Gasteiger charge is 2.44. The standard InChI is InChI=1S/C25H25Cl2N2O6P/c1-33-22-14-24(17-2-4-18(26)5-3-17)29(15-25(30)28-31)36(32,34-16-22)23-12-10-21(11-13-23)35-20-8-6-19(27)7-9-20/h2-13,22,24,31H,14-16H2,1H3,(H,28,30). The normalized spacial score (nSPS) is 22.6. The SMILES string of the molecule is COC1COP(=O)(c2ccc(Oc3ccc(Cl)cc3)cc2)N(CC(=O)NO)C(c2ccc(Cl)cc2)C1. The summed E-state index contributed by atoms with van der Waals surface area (Å²) >= 11 is 12.0. The topological polar surface area (TPSA) is 97.3 Å². The Hall–Kier alpha value is -2.42.